The lowest BCUT2D eigenvalue weighted by Crippen LogP contribution is -2.50. The van der Waals surface area contributed by atoms with E-state index >= 15 is 0 Å². The Bertz CT molecular complexity index is 539. The predicted octanol–water partition coefficient (Wildman–Crippen LogP) is -0.466. The lowest BCUT2D eigenvalue weighted by Gasteiger charge is -2.33. The zero-order valence-electron chi connectivity index (χ0n) is 10.2. The van der Waals surface area contributed by atoms with Gasteiger partial charge in [-0.3, -0.25) is 9.11 Å². The third-order valence-electron chi connectivity index (χ3n) is 3.69. The molecule has 1 aliphatic heterocycles. The fraction of sp³-hybridized carbons (Fsp3) is 0.778. The summed E-state index contributed by atoms with van der Waals surface area (Å²) in [5.41, 5.74) is 0. The molecule has 0 amide bonds. The third kappa shape index (κ3) is 2.75. The van der Waals surface area contributed by atoms with Crippen molar-refractivity contribution in [3.8, 4) is 0 Å². The molecule has 0 aromatic heterocycles. The van der Waals surface area contributed by atoms with Gasteiger partial charge in [0.25, 0.3) is 20.2 Å². The smallest absolute Gasteiger partial charge is 0.275 e. The van der Waals surface area contributed by atoms with Gasteiger partial charge in [-0.25, -0.2) is 0 Å². The van der Waals surface area contributed by atoms with Crippen LogP contribution in [-0.4, -0.2) is 67.1 Å². The largest absolute Gasteiger partial charge is 0.318 e. The highest BCUT2D eigenvalue weighted by molar-refractivity contribution is 7.90. The lowest BCUT2D eigenvalue weighted by molar-refractivity contribution is -0.913. The fourth-order valence-electron chi connectivity index (χ4n) is 2.59. The molecule has 1 heterocycles. The molecule has 0 aromatic carbocycles. The van der Waals surface area contributed by atoms with E-state index in [9.17, 15) is 21.4 Å². The van der Waals surface area contributed by atoms with Crippen LogP contribution < -0.4 is 0 Å². The highest BCUT2D eigenvalue weighted by Gasteiger charge is 2.59. The van der Waals surface area contributed by atoms with Crippen molar-refractivity contribution < 1.29 is 30.4 Å². The summed E-state index contributed by atoms with van der Waals surface area (Å²) in [4.78, 5) is 0. The SMILES string of the molecule is C=CC[N+]1(C)CC(S(=O)(=O)O)C(S(=O)(=O)O)C1C. The topological polar surface area (TPSA) is 109 Å². The maximum atomic E-state index is 11.3. The number of hydrogen-bond acceptors (Lipinski definition) is 4. The predicted molar refractivity (Wildman–Crippen MR) is 66.3 cm³/mol. The van der Waals surface area contributed by atoms with Crippen molar-refractivity contribution in [1.82, 2.24) is 0 Å². The molecule has 9 heteroatoms. The van der Waals surface area contributed by atoms with Crippen molar-refractivity contribution in [1.29, 1.82) is 0 Å². The Morgan fingerprint density at radius 2 is 1.78 bits per heavy atom. The minimum absolute atomic E-state index is 0.0818. The molecule has 18 heavy (non-hydrogen) atoms. The summed E-state index contributed by atoms with van der Waals surface area (Å²) >= 11 is 0. The van der Waals surface area contributed by atoms with Gasteiger partial charge in [-0.15, -0.1) is 0 Å². The van der Waals surface area contributed by atoms with Crippen LogP contribution in [0.5, 0.6) is 0 Å². The molecule has 0 saturated carbocycles. The molecule has 1 aliphatic rings. The van der Waals surface area contributed by atoms with Gasteiger partial charge in [0.1, 0.15) is 12.6 Å². The monoisotopic (exact) mass is 300 g/mol. The number of rotatable bonds is 4. The minimum Gasteiger partial charge on any atom is -0.318 e. The lowest BCUT2D eigenvalue weighted by atomic mass is 10.2. The Kier molecular flexibility index (Phi) is 3.95. The maximum Gasteiger partial charge on any atom is 0.275 e. The van der Waals surface area contributed by atoms with Crippen LogP contribution in [0.3, 0.4) is 0 Å². The molecule has 0 radical (unpaired) electrons. The van der Waals surface area contributed by atoms with Crippen LogP contribution >= 0.6 is 0 Å². The van der Waals surface area contributed by atoms with E-state index in [0.29, 0.717) is 6.54 Å². The summed E-state index contributed by atoms with van der Waals surface area (Å²) in [5.74, 6) is 0. The van der Waals surface area contributed by atoms with Crippen LogP contribution in [0.4, 0.5) is 0 Å². The van der Waals surface area contributed by atoms with Gasteiger partial charge in [-0.1, -0.05) is 6.58 Å². The van der Waals surface area contributed by atoms with Crippen LogP contribution in [0.2, 0.25) is 0 Å². The average molecular weight is 300 g/mol. The van der Waals surface area contributed by atoms with E-state index < -0.39 is 36.8 Å². The molecule has 0 bridgehead atoms. The zero-order chi connectivity index (χ0) is 14.4. The molecule has 0 spiro atoms. The van der Waals surface area contributed by atoms with Crippen molar-refractivity contribution in [3.63, 3.8) is 0 Å². The first-order valence-electron chi connectivity index (χ1n) is 5.31. The van der Waals surface area contributed by atoms with Crippen LogP contribution in [0, 0.1) is 0 Å². The van der Waals surface area contributed by atoms with E-state index in [4.69, 9.17) is 4.55 Å². The number of likely N-dealkylation sites (N-methyl/N-ethyl adjacent to an activating group) is 1. The Labute approximate surface area is 107 Å². The van der Waals surface area contributed by atoms with E-state index in [1.54, 1.807) is 13.1 Å². The molecule has 7 nitrogen and oxygen atoms in total. The standard InChI is InChI=1S/C9H17NO6S2/c1-4-5-10(3)6-8(17(11,12)13)9(7(10)2)18(14,15)16/h4,7-9H,1,5-6H2,2-3H3,(H-,11,12,13,14,15,16)/p+1. The van der Waals surface area contributed by atoms with Crippen molar-refractivity contribution in [2.24, 2.45) is 0 Å². The molecule has 106 valence electrons. The second-order valence-corrected chi connectivity index (χ2v) is 8.12. The van der Waals surface area contributed by atoms with Gasteiger partial charge >= 0.3 is 0 Å². The van der Waals surface area contributed by atoms with E-state index in [1.165, 1.54) is 6.92 Å². The second-order valence-electron chi connectivity index (χ2n) is 4.91. The molecule has 1 fully saturated rings. The van der Waals surface area contributed by atoms with Gasteiger partial charge in [-0.2, -0.15) is 16.8 Å². The van der Waals surface area contributed by atoms with Gasteiger partial charge in [0, 0.05) is 0 Å². The van der Waals surface area contributed by atoms with Gasteiger partial charge in [0.15, 0.2) is 10.5 Å². The molecule has 1 saturated heterocycles. The van der Waals surface area contributed by atoms with Crippen molar-refractivity contribution >= 4 is 20.2 Å². The summed E-state index contributed by atoms with van der Waals surface area (Å²) in [7, 11) is -7.45. The van der Waals surface area contributed by atoms with E-state index in [-0.39, 0.29) is 11.0 Å². The summed E-state index contributed by atoms with van der Waals surface area (Å²) in [6, 6.07) is -0.662. The first-order chi connectivity index (χ1) is 7.93. The molecule has 4 atom stereocenters. The average Bonchev–Trinajstić information content (AvgIpc) is 2.38. The first-order valence-corrected chi connectivity index (χ1v) is 8.32. The summed E-state index contributed by atoms with van der Waals surface area (Å²) in [6.07, 6.45) is 1.55. The van der Waals surface area contributed by atoms with Crippen LogP contribution in [0.1, 0.15) is 6.92 Å². The van der Waals surface area contributed by atoms with E-state index in [2.05, 4.69) is 6.58 Å². The van der Waals surface area contributed by atoms with Gasteiger partial charge in [0.05, 0.1) is 13.6 Å². The molecule has 0 aliphatic carbocycles. The highest BCUT2D eigenvalue weighted by atomic mass is 32.2. The van der Waals surface area contributed by atoms with Crippen LogP contribution in [0.15, 0.2) is 12.7 Å². The van der Waals surface area contributed by atoms with Crippen molar-refractivity contribution in [2.75, 3.05) is 20.1 Å². The molecule has 1 rings (SSSR count). The van der Waals surface area contributed by atoms with E-state index in [1.807, 2.05) is 0 Å². The molecule has 0 aromatic rings. The fourth-order valence-corrected chi connectivity index (χ4v) is 5.79. The van der Waals surface area contributed by atoms with E-state index in [0.717, 1.165) is 0 Å². The zero-order valence-corrected chi connectivity index (χ0v) is 11.9. The molecular formula is C9H18NO6S2+. The first kappa shape index (κ1) is 15.6. The highest BCUT2D eigenvalue weighted by Crippen LogP contribution is 2.33. The Hall–Kier alpha value is -0.480. The molecule has 4 unspecified atom stereocenters. The van der Waals surface area contributed by atoms with Crippen molar-refractivity contribution in [2.45, 2.75) is 23.5 Å². The second kappa shape index (κ2) is 4.57. The number of likely N-dealkylation sites (tertiary alicyclic amines) is 1. The van der Waals surface area contributed by atoms with Gasteiger partial charge in [-0.05, 0) is 13.0 Å². The minimum atomic E-state index is -4.56. The third-order valence-corrected chi connectivity index (χ3v) is 6.48. The summed E-state index contributed by atoms with van der Waals surface area (Å²) < 4.78 is 63.6. The number of quaternary nitrogens is 1. The Balaban J connectivity index is 3.33. The maximum absolute atomic E-state index is 11.3. The van der Waals surface area contributed by atoms with Crippen molar-refractivity contribution in [3.05, 3.63) is 12.7 Å². The number of nitrogens with zero attached hydrogens (tertiary/aromatic N) is 1. The van der Waals surface area contributed by atoms with Crippen LogP contribution in [-0.2, 0) is 20.2 Å². The van der Waals surface area contributed by atoms with Gasteiger partial charge < -0.3 is 4.48 Å². The van der Waals surface area contributed by atoms with Gasteiger partial charge in [0.2, 0.25) is 0 Å². The molecular weight excluding hydrogens is 282 g/mol. The summed E-state index contributed by atoms with van der Waals surface area (Å²) in [5, 5.41) is -3.05. The van der Waals surface area contributed by atoms with Crippen LogP contribution in [0.25, 0.3) is 0 Å². The molecule has 2 N–H and O–H groups in total. The number of hydrogen-bond donors (Lipinski definition) is 2. The normalized spacial score (nSPS) is 37.7. The Morgan fingerprint density at radius 1 is 1.28 bits per heavy atom. The quantitative estimate of drug-likeness (QED) is 0.413. The summed E-state index contributed by atoms with van der Waals surface area (Å²) in [6.45, 7) is 5.33. The Morgan fingerprint density at radius 3 is 2.06 bits per heavy atom.